The van der Waals surface area contributed by atoms with E-state index in [0.717, 1.165) is 36.3 Å². The van der Waals surface area contributed by atoms with Gasteiger partial charge in [0.1, 0.15) is 5.82 Å². The number of rotatable bonds is 1. The predicted octanol–water partition coefficient (Wildman–Crippen LogP) is 1.96. The predicted molar refractivity (Wildman–Crippen MR) is 71.7 cm³/mol. The van der Waals surface area contributed by atoms with Gasteiger partial charge in [-0.2, -0.15) is 0 Å². The van der Waals surface area contributed by atoms with E-state index < -0.39 is 0 Å². The lowest BCUT2D eigenvalue weighted by atomic mass is 9.99. The highest BCUT2D eigenvalue weighted by molar-refractivity contribution is 5.76. The molecule has 3 rings (SSSR count). The van der Waals surface area contributed by atoms with Crippen LogP contribution in [-0.4, -0.2) is 33.0 Å². The molecule has 5 heteroatoms. The van der Waals surface area contributed by atoms with Crippen LogP contribution in [0.4, 0.5) is 4.79 Å². The molecule has 1 aromatic rings. The SMILES string of the molecule is Cc1ncc2c(n1)CC1CCC2N1C(=O)NC(C)C. The van der Waals surface area contributed by atoms with Crippen molar-refractivity contribution < 1.29 is 4.79 Å². The van der Waals surface area contributed by atoms with Crippen LogP contribution in [0, 0.1) is 6.92 Å². The fraction of sp³-hybridized carbons (Fsp3) is 0.643. The number of hydrogen-bond donors (Lipinski definition) is 1. The molecule has 2 aliphatic rings. The van der Waals surface area contributed by atoms with Crippen molar-refractivity contribution in [2.45, 2.75) is 58.2 Å². The van der Waals surface area contributed by atoms with Gasteiger partial charge in [-0.15, -0.1) is 0 Å². The monoisotopic (exact) mass is 260 g/mol. The molecule has 2 bridgehead atoms. The van der Waals surface area contributed by atoms with Gasteiger partial charge in [-0.1, -0.05) is 0 Å². The average molecular weight is 260 g/mol. The van der Waals surface area contributed by atoms with Gasteiger partial charge in [0.25, 0.3) is 0 Å². The highest BCUT2D eigenvalue weighted by Gasteiger charge is 2.43. The molecule has 1 saturated heterocycles. The number of carbonyl (C=O) groups is 1. The van der Waals surface area contributed by atoms with Crippen LogP contribution in [-0.2, 0) is 6.42 Å². The molecule has 0 radical (unpaired) electrons. The third-order valence-corrected chi connectivity index (χ3v) is 3.96. The normalized spacial score (nSPS) is 24.5. The number of aryl methyl sites for hydroxylation is 1. The Morgan fingerprint density at radius 1 is 1.47 bits per heavy atom. The summed E-state index contributed by atoms with van der Waals surface area (Å²) in [6.07, 6.45) is 4.85. The number of carbonyl (C=O) groups excluding carboxylic acids is 1. The Hall–Kier alpha value is -1.65. The first-order valence-corrected chi connectivity index (χ1v) is 6.97. The van der Waals surface area contributed by atoms with E-state index in [0.29, 0.717) is 6.04 Å². The molecule has 0 aliphatic carbocycles. The van der Waals surface area contributed by atoms with Gasteiger partial charge in [-0.3, -0.25) is 0 Å². The smallest absolute Gasteiger partial charge is 0.318 e. The lowest BCUT2D eigenvalue weighted by molar-refractivity contribution is 0.162. The number of nitrogens with one attached hydrogen (secondary N) is 1. The van der Waals surface area contributed by atoms with Gasteiger partial charge in [0.05, 0.1) is 11.7 Å². The Morgan fingerprint density at radius 3 is 3.00 bits per heavy atom. The third kappa shape index (κ3) is 2.07. The van der Waals surface area contributed by atoms with Gasteiger partial charge in [0.2, 0.25) is 0 Å². The zero-order chi connectivity index (χ0) is 13.6. The first-order valence-electron chi connectivity index (χ1n) is 6.97. The maximum absolute atomic E-state index is 12.3. The summed E-state index contributed by atoms with van der Waals surface area (Å²) in [7, 11) is 0. The van der Waals surface area contributed by atoms with E-state index in [1.807, 2.05) is 31.9 Å². The molecule has 2 amide bonds. The number of amides is 2. The molecule has 3 heterocycles. The molecule has 2 aliphatic heterocycles. The fourth-order valence-electron chi connectivity index (χ4n) is 3.21. The van der Waals surface area contributed by atoms with Crippen molar-refractivity contribution in [3.63, 3.8) is 0 Å². The summed E-state index contributed by atoms with van der Waals surface area (Å²) < 4.78 is 0. The van der Waals surface area contributed by atoms with Crippen LogP contribution in [0.1, 0.15) is 49.8 Å². The van der Waals surface area contributed by atoms with Crippen LogP contribution in [0.3, 0.4) is 0 Å². The Bertz CT molecular complexity index is 514. The molecule has 5 nitrogen and oxygen atoms in total. The molecule has 1 N–H and O–H groups in total. The van der Waals surface area contributed by atoms with Crippen LogP contribution >= 0.6 is 0 Å². The van der Waals surface area contributed by atoms with Crippen molar-refractivity contribution in [1.29, 1.82) is 0 Å². The van der Waals surface area contributed by atoms with E-state index >= 15 is 0 Å². The summed E-state index contributed by atoms with van der Waals surface area (Å²) in [5, 5.41) is 3.00. The summed E-state index contributed by atoms with van der Waals surface area (Å²) >= 11 is 0. The molecule has 2 atom stereocenters. The van der Waals surface area contributed by atoms with Crippen molar-refractivity contribution >= 4 is 6.03 Å². The molecule has 0 aromatic carbocycles. The Kier molecular flexibility index (Phi) is 2.92. The van der Waals surface area contributed by atoms with Gasteiger partial charge < -0.3 is 10.2 Å². The van der Waals surface area contributed by atoms with Crippen LogP contribution < -0.4 is 5.32 Å². The highest BCUT2D eigenvalue weighted by atomic mass is 16.2. The van der Waals surface area contributed by atoms with Crippen molar-refractivity contribution in [3.8, 4) is 0 Å². The maximum atomic E-state index is 12.3. The van der Waals surface area contributed by atoms with Crippen LogP contribution in [0.25, 0.3) is 0 Å². The molecule has 102 valence electrons. The zero-order valence-corrected chi connectivity index (χ0v) is 11.7. The minimum atomic E-state index is 0.0497. The highest BCUT2D eigenvalue weighted by Crippen LogP contribution is 2.42. The van der Waals surface area contributed by atoms with Crippen LogP contribution in [0.5, 0.6) is 0 Å². The third-order valence-electron chi connectivity index (χ3n) is 3.96. The number of fused-ring (bicyclic) bond motifs is 4. The lowest BCUT2D eigenvalue weighted by Gasteiger charge is -2.36. The van der Waals surface area contributed by atoms with E-state index in [2.05, 4.69) is 15.3 Å². The number of urea groups is 1. The Morgan fingerprint density at radius 2 is 2.26 bits per heavy atom. The van der Waals surface area contributed by atoms with E-state index in [1.54, 1.807) is 0 Å². The standard InChI is InChI=1S/C14H20N4O/c1-8(2)16-14(19)18-10-4-5-13(18)11-7-15-9(3)17-12(11)6-10/h7-8,10,13H,4-6H2,1-3H3,(H,16,19). The topological polar surface area (TPSA) is 58.1 Å². The van der Waals surface area contributed by atoms with Gasteiger partial charge in [0.15, 0.2) is 0 Å². The zero-order valence-electron chi connectivity index (χ0n) is 11.7. The number of hydrogen-bond acceptors (Lipinski definition) is 3. The lowest BCUT2D eigenvalue weighted by Crippen LogP contribution is -2.49. The van der Waals surface area contributed by atoms with Crippen molar-refractivity contribution in [3.05, 3.63) is 23.3 Å². The largest absolute Gasteiger partial charge is 0.336 e. The Labute approximate surface area is 113 Å². The van der Waals surface area contributed by atoms with Gasteiger partial charge in [-0.05, 0) is 33.6 Å². The quantitative estimate of drug-likeness (QED) is 0.839. The molecule has 1 fully saturated rings. The first kappa shape index (κ1) is 12.4. The molecule has 0 spiro atoms. The van der Waals surface area contributed by atoms with Crippen molar-refractivity contribution in [2.24, 2.45) is 0 Å². The van der Waals surface area contributed by atoms with Crippen molar-refractivity contribution in [2.75, 3.05) is 0 Å². The van der Waals surface area contributed by atoms with E-state index in [-0.39, 0.29) is 18.1 Å². The Balaban J connectivity index is 1.91. The molecular weight excluding hydrogens is 240 g/mol. The molecule has 2 unspecified atom stereocenters. The van der Waals surface area contributed by atoms with Crippen molar-refractivity contribution in [1.82, 2.24) is 20.2 Å². The summed E-state index contributed by atoms with van der Waals surface area (Å²) in [5.74, 6) is 0.818. The average Bonchev–Trinajstić information content (AvgIpc) is 2.64. The second-order valence-electron chi connectivity index (χ2n) is 5.78. The molecular formula is C14H20N4O. The fourth-order valence-corrected chi connectivity index (χ4v) is 3.21. The maximum Gasteiger partial charge on any atom is 0.318 e. The molecule has 19 heavy (non-hydrogen) atoms. The second-order valence-corrected chi connectivity index (χ2v) is 5.78. The van der Waals surface area contributed by atoms with E-state index in [4.69, 9.17) is 0 Å². The molecule has 0 saturated carbocycles. The minimum Gasteiger partial charge on any atom is -0.336 e. The van der Waals surface area contributed by atoms with E-state index in [9.17, 15) is 4.79 Å². The van der Waals surface area contributed by atoms with Gasteiger partial charge in [-0.25, -0.2) is 14.8 Å². The first-order chi connectivity index (χ1) is 9.06. The summed E-state index contributed by atoms with van der Waals surface area (Å²) in [6.45, 7) is 5.90. The second kappa shape index (κ2) is 4.47. The van der Waals surface area contributed by atoms with Gasteiger partial charge in [0, 0.05) is 30.3 Å². The molecule has 1 aromatic heterocycles. The van der Waals surface area contributed by atoms with E-state index in [1.165, 1.54) is 0 Å². The van der Waals surface area contributed by atoms with Gasteiger partial charge >= 0.3 is 6.03 Å². The minimum absolute atomic E-state index is 0.0497. The van der Waals surface area contributed by atoms with Crippen LogP contribution in [0.15, 0.2) is 6.20 Å². The summed E-state index contributed by atoms with van der Waals surface area (Å²) in [5.41, 5.74) is 2.27. The summed E-state index contributed by atoms with van der Waals surface area (Å²) in [4.78, 5) is 23.2. The van der Waals surface area contributed by atoms with Crippen LogP contribution in [0.2, 0.25) is 0 Å². The summed E-state index contributed by atoms with van der Waals surface area (Å²) in [6, 6.07) is 0.676. The number of nitrogens with zero attached hydrogens (tertiary/aromatic N) is 3. The number of aromatic nitrogens is 2.